The molecule has 1 aromatic heterocycles. The highest BCUT2D eigenvalue weighted by atomic mass is 32.2. The maximum Gasteiger partial charge on any atom is 0.232 e. The van der Waals surface area contributed by atoms with Crippen molar-refractivity contribution in [2.75, 3.05) is 34.7 Å². The van der Waals surface area contributed by atoms with Gasteiger partial charge in [-0.25, -0.2) is 4.99 Å². The molecule has 0 aliphatic heterocycles. The van der Waals surface area contributed by atoms with E-state index in [4.69, 9.17) is 18.9 Å². The van der Waals surface area contributed by atoms with Gasteiger partial charge >= 0.3 is 0 Å². The fourth-order valence-corrected chi connectivity index (χ4v) is 3.84. The highest BCUT2D eigenvalue weighted by molar-refractivity contribution is 8.00. The van der Waals surface area contributed by atoms with Crippen molar-refractivity contribution in [2.45, 2.75) is 4.34 Å². The van der Waals surface area contributed by atoms with Gasteiger partial charge in [-0.15, -0.1) is 10.2 Å². The van der Waals surface area contributed by atoms with E-state index in [1.165, 1.54) is 23.1 Å². The molecular weight excluding hydrogens is 386 g/mol. The normalized spacial score (nSPS) is 11.1. The number of benzene rings is 2. The van der Waals surface area contributed by atoms with Crippen molar-refractivity contribution in [1.29, 1.82) is 0 Å². The Morgan fingerprint density at radius 2 is 1.59 bits per heavy atom. The molecule has 0 spiro atoms. The van der Waals surface area contributed by atoms with E-state index in [-0.39, 0.29) is 0 Å². The summed E-state index contributed by atoms with van der Waals surface area (Å²) in [5.41, 5.74) is 0.731. The van der Waals surface area contributed by atoms with Gasteiger partial charge in [0.2, 0.25) is 5.13 Å². The average Bonchev–Trinajstić information content (AvgIpc) is 3.18. The van der Waals surface area contributed by atoms with E-state index >= 15 is 0 Å². The number of methoxy groups -OCH3 is 4. The fraction of sp³-hybridized carbons (Fsp3) is 0.278. The summed E-state index contributed by atoms with van der Waals surface area (Å²) < 4.78 is 23.2. The second-order valence-corrected chi connectivity index (χ2v) is 7.24. The molecule has 0 saturated heterocycles. The van der Waals surface area contributed by atoms with Crippen LogP contribution in [-0.2, 0) is 0 Å². The van der Waals surface area contributed by atoms with Crippen LogP contribution in [0.15, 0.2) is 27.5 Å². The van der Waals surface area contributed by atoms with E-state index in [1.807, 2.05) is 24.5 Å². The van der Waals surface area contributed by atoms with E-state index in [0.29, 0.717) is 28.1 Å². The second-order valence-electron chi connectivity index (χ2n) is 5.23. The first kappa shape index (κ1) is 19.2. The van der Waals surface area contributed by atoms with E-state index in [0.717, 1.165) is 20.7 Å². The van der Waals surface area contributed by atoms with Gasteiger partial charge < -0.3 is 18.9 Å². The SMILES string of the molecule is COc1ccc(OC)c2c(OC)c(C=Nc3nnc(SC)s3)cc(OC)c12. The topological polar surface area (TPSA) is 75.1 Å². The molecule has 0 aliphatic rings. The zero-order valence-electron chi connectivity index (χ0n) is 15.6. The lowest BCUT2D eigenvalue weighted by Gasteiger charge is -2.17. The molecule has 0 radical (unpaired) electrons. The lowest BCUT2D eigenvalue weighted by atomic mass is 10.0. The highest BCUT2D eigenvalue weighted by Crippen LogP contribution is 2.46. The number of nitrogens with zero attached hydrogens (tertiary/aromatic N) is 3. The van der Waals surface area contributed by atoms with Crippen molar-refractivity contribution < 1.29 is 18.9 Å². The van der Waals surface area contributed by atoms with Gasteiger partial charge in [0.25, 0.3) is 0 Å². The molecule has 0 aliphatic carbocycles. The minimum atomic E-state index is 0.568. The number of aromatic nitrogens is 2. The minimum absolute atomic E-state index is 0.568. The first-order valence-electron chi connectivity index (χ1n) is 7.88. The highest BCUT2D eigenvalue weighted by Gasteiger charge is 2.20. The molecule has 0 amide bonds. The standard InChI is InChI=1S/C18H19N3O4S2/c1-22-11-6-7-12(23-2)15-14(11)13(24-3)8-10(16(15)25-4)9-19-17-20-21-18(26-5)27-17/h6-9H,1-5H3. The van der Waals surface area contributed by atoms with Gasteiger partial charge in [0.15, 0.2) is 4.34 Å². The van der Waals surface area contributed by atoms with Crippen LogP contribution in [-0.4, -0.2) is 51.1 Å². The number of rotatable bonds is 7. The van der Waals surface area contributed by atoms with Crippen LogP contribution in [0.1, 0.15) is 5.56 Å². The van der Waals surface area contributed by atoms with Crippen LogP contribution in [0.4, 0.5) is 5.13 Å². The Hall–Kier alpha value is -2.52. The summed E-state index contributed by atoms with van der Waals surface area (Å²) in [5.74, 6) is 2.56. The van der Waals surface area contributed by atoms with Gasteiger partial charge in [-0.1, -0.05) is 23.1 Å². The average molecular weight is 406 g/mol. The summed E-state index contributed by atoms with van der Waals surface area (Å²) in [6.07, 6.45) is 3.63. The molecule has 0 atom stereocenters. The third-order valence-electron chi connectivity index (χ3n) is 3.90. The van der Waals surface area contributed by atoms with Gasteiger partial charge in [0, 0.05) is 11.8 Å². The fourth-order valence-electron chi connectivity index (χ4n) is 2.74. The molecular formula is C18H19N3O4S2. The summed E-state index contributed by atoms with van der Waals surface area (Å²) in [4.78, 5) is 4.43. The van der Waals surface area contributed by atoms with E-state index in [2.05, 4.69) is 15.2 Å². The number of aliphatic imine (C=N–C) groups is 1. The molecule has 9 heteroatoms. The monoisotopic (exact) mass is 405 g/mol. The lowest BCUT2D eigenvalue weighted by molar-refractivity contribution is 0.392. The number of thioether (sulfide) groups is 1. The molecule has 0 fully saturated rings. The Bertz CT molecular complexity index is 988. The van der Waals surface area contributed by atoms with E-state index in [1.54, 1.807) is 34.7 Å². The zero-order valence-corrected chi connectivity index (χ0v) is 17.2. The largest absolute Gasteiger partial charge is 0.496 e. The van der Waals surface area contributed by atoms with Crippen LogP contribution in [0.5, 0.6) is 23.0 Å². The summed E-state index contributed by atoms with van der Waals surface area (Å²) in [5, 5.41) is 10.2. The molecule has 3 rings (SSSR count). The molecule has 3 aromatic rings. The predicted octanol–water partition coefficient (Wildman–Crippen LogP) is 4.20. The van der Waals surface area contributed by atoms with Crippen LogP contribution < -0.4 is 18.9 Å². The maximum absolute atomic E-state index is 5.70. The minimum Gasteiger partial charge on any atom is -0.496 e. The molecule has 0 bridgehead atoms. The van der Waals surface area contributed by atoms with Crippen LogP contribution in [0.25, 0.3) is 10.8 Å². The number of fused-ring (bicyclic) bond motifs is 1. The van der Waals surface area contributed by atoms with Gasteiger partial charge in [-0.05, 0) is 24.5 Å². The second kappa shape index (κ2) is 8.45. The Morgan fingerprint density at radius 3 is 2.15 bits per heavy atom. The molecule has 0 saturated carbocycles. The Morgan fingerprint density at radius 1 is 0.926 bits per heavy atom. The Labute approximate surface area is 165 Å². The van der Waals surface area contributed by atoms with Gasteiger partial charge in [-0.3, -0.25) is 0 Å². The van der Waals surface area contributed by atoms with E-state index in [9.17, 15) is 0 Å². The van der Waals surface area contributed by atoms with Crippen molar-refractivity contribution in [3.05, 3.63) is 23.8 Å². The first-order chi connectivity index (χ1) is 13.2. The van der Waals surface area contributed by atoms with Gasteiger partial charge in [0.05, 0.1) is 39.2 Å². The number of ether oxygens (including phenoxy) is 4. The Kier molecular flexibility index (Phi) is 6.02. The zero-order chi connectivity index (χ0) is 19.4. The van der Waals surface area contributed by atoms with Crippen molar-refractivity contribution in [2.24, 2.45) is 4.99 Å². The first-order valence-corrected chi connectivity index (χ1v) is 9.92. The smallest absolute Gasteiger partial charge is 0.232 e. The van der Waals surface area contributed by atoms with Crippen LogP contribution in [0.3, 0.4) is 0 Å². The third kappa shape index (κ3) is 3.65. The number of hydrogen-bond acceptors (Lipinski definition) is 9. The third-order valence-corrected chi connectivity index (χ3v) is 5.71. The van der Waals surface area contributed by atoms with Crippen LogP contribution >= 0.6 is 23.1 Å². The summed E-state index contributed by atoms with van der Waals surface area (Å²) in [7, 11) is 6.44. The Balaban J connectivity index is 2.23. The maximum atomic E-state index is 5.70. The van der Waals surface area contributed by atoms with Gasteiger partial charge in [-0.2, -0.15) is 0 Å². The summed E-state index contributed by atoms with van der Waals surface area (Å²) in [6.45, 7) is 0. The van der Waals surface area contributed by atoms with Crippen molar-refractivity contribution >= 4 is 45.2 Å². The van der Waals surface area contributed by atoms with E-state index < -0.39 is 0 Å². The van der Waals surface area contributed by atoms with Crippen LogP contribution in [0, 0.1) is 0 Å². The molecule has 27 heavy (non-hydrogen) atoms. The molecule has 0 unspecified atom stereocenters. The van der Waals surface area contributed by atoms with Crippen LogP contribution in [0.2, 0.25) is 0 Å². The molecule has 1 heterocycles. The van der Waals surface area contributed by atoms with Gasteiger partial charge in [0.1, 0.15) is 23.0 Å². The van der Waals surface area contributed by atoms with Crippen molar-refractivity contribution in [1.82, 2.24) is 10.2 Å². The summed E-state index contributed by atoms with van der Waals surface area (Å²) in [6, 6.07) is 5.52. The molecule has 2 aromatic carbocycles. The molecule has 7 nitrogen and oxygen atoms in total. The number of hydrogen-bond donors (Lipinski definition) is 0. The van der Waals surface area contributed by atoms with Crippen molar-refractivity contribution in [3.8, 4) is 23.0 Å². The summed E-state index contributed by atoms with van der Waals surface area (Å²) >= 11 is 2.95. The van der Waals surface area contributed by atoms with Crippen molar-refractivity contribution in [3.63, 3.8) is 0 Å². The quantitative estimate of drug-likeness (QED) is 0.431. The molecule has 0 N–H and O–H groups in total. The molecule has 142 valence electrons. The lowest BCUT2D eigenvalue weighted by Crippen LogP contribution is -1.99. The predicted molar refractivity (Wildman–Crippen MR) is 109 cm³/mol.